The van der Waals surface area contributed by atoms with Gasteiger partial charge in [0.25, 0.3) is 0 Å². The number of rotatable bonds is 3. The first-order valence-electron chi connectivity index (χ1n) is 3.37. The Balaban J connectivity index is 2.93. The monoisotopic (exact) mass is 201 g/mol. The number of hydrogen-bond donors (Lipinski definition) is 0. The Labute approximate surface area is 77.3 Å². The molecule has 1 aromatic heterocycles. The van der Waals surface area contributed by atoms with Crippen molar-refractivity contribution in [1.29, 1.82) is 0 Å². The maximum absolute atomic E-state index is 11.0. The van der Waals surface area contributed by atoms with Crippen molar-refractivity contribution < 1.29 is 19.4 Å². The standard InChI is InChI=1S/C6H6N2O4S/c1-2-12-6(11)4-3(5(9)10)7-8-13-4/h2H2,1H3,(H,9,10)/p-1. The smallest absolute Gasteiger partial charge is 0.352 e. The maximum atomic E-state index is 11.0. The van der Waals surface area contributed by atoms with Crippen molar-refractivity contribution in [3.8, 4) is 0 Å². The number of carbonyl (C=O) groups is 2. The molecule has 0 aliphatic carbocycles. The Morgan fingerprint density at radius 2 is 2.31 bits per heavy atom. The zero-order valence-electron chi connectivity index (χ0n) is 6.64. The van der Waals surface area contributed by atoms with Gasteiger partial charge >= 0.3 is 5.97 Å². The fourth-order valence-corrected chi connectivity index (χ4v) is 1.20. The number of carboxylic acids is 1. The van der Waals surface area contributed by atoms with Crippen LogP contribution >= 0.6 is 11.5 Å². The Bertz CT molecular complexity index is 335. The molecule has 1 aromatic rings. The molecule has 0 amide bonds. The maximum Gasteiger partial charge on any atom is 0.352 e. The van der Waals surface area contributed by atoms with Crippen LogP contribution in [0.3, 0.4) is 0 Å². The van der Waals surface area contributed by atoms with Gasteiger partial charge in [-0.15, -0.1) is 5.10 Å². The molecule has 0 radical (unpaired) electrons. The summed E-state index contributed by atoms with van der Waals surface area (Å²) in [5.74, 6) is -2.27. The Hall–Kier alpha value is -1.50. The van der Waals surface area contributed by atoms with Crippen LogP contribution in [0.1, 0.15) is 27.1 Å². The van der Waals surface area contributed by atoms with Crippen molar-refractivity contribution >= 4 is 23.5 Å². The molecular weight excluding hydrogens is 196 g/mol. The fraction of sp³-hybridized carbons (Fsp3) is 0.333. The molecule has 0 aromatic carbocycles. The zero-order valence-corrected chi connectivity index (χ0v) is 7.46. The van der Waals surface area contributed by atoms with E-state index in [9.17, 15) is 14.7 Å². The van der Waals surface area contributed by atoms with Crippen molar-refractivity contribution in [3.63, 3.8) is 0 Å². The average Bonchev–Trinajstić information content (AvgIpc) is 2.52. The molecule has 0 saturated carbocycles. The van der Waals surface area contributed by atoms with Gasteiger partial charge in [0, 0.05) is 0 Å². The Morgan fingerprint density at radius 3 is 2.85 bits per heavy atom. The number of nitrogens with zero attached hydrogens (tertiary/aromatic N) is 2. The van der Waals surface area contributed by atoms with Gasteiger partial charge < -0.3 is 14.6 Å². The Morgan fingerprint density at radius 1 is 1.62 bits per heavy atom. The van der Waals surface area contributed by atoms with Gasteiger partial charge in [0.2, 0.25) is 0 Å². The van der Waals surface area contributed by atoms with E-state index >= 15 is 0 Å². The highest BCUT2D eigenvalue weighted by atomic mass is 32.1. The molecule has 0 spiro atoms. The van der Waals surface area contributed by atoms with Crippen molar-refractivity contribution in [2.75, 3.05) is 6.61 Å². The van der Waals surface area contributed by atoms with Crippen LogP contribution in [0.4, 0.5) is 0 Å². The van der Waals surface area contributed by atoms with E-state index in [-0.39, 0.29) is 11.5 Å². The van der Waals surface area contributed by atoms with Gasteiger partial charge in [0.1, 0.15) is 5.69 Å². The van der Waals surface area contributed by atoms with Gasteiger partial charge in [-0.2, -0.15) is 0 Å². The number of aromatic nitrogens is 2. The van der Waals surface area contributed by atoms with Gasteiger partial charge in [-0.3, -0.25) is 0 Å². The summed E-state index contributed by atoms with van der Waals surface area (Å²) in [5.41, 5.74) is -0.469. The molecule has 0 atom stereocenters. The lowest BCUT2D eigenvalue weighted by Gasteiger charge is -2.00. The molecule has 0 aliphatic heterocycles. The number of esters is 1. The third-order valence-corrected chi connectivity index (χ3v) is 1.85. The fourth-order valence-electron chi connectivity index (χ4n) is 0.655. The lowest BCUT2D eigenvalue weighted by Crippen LogP contribution is -2.25. The summed E-state index contributed by atoms with van der Waals surface area (Å²) in [7, 11) is 0. The second kappa shape index (κ2) is 3.94. The van der Waals surface area contributed by atoms with Crippen LogP contribution in [-0.4, -0.2) is 28.1 Å². The van der Waals surface area contributed by atoms with E-state index in [1.807, 2.05) is 0 Å². The molecule has 7 heteroatoms. The Kier molecular flexibility index (Phi) is 2.91. The van der Waals surface area contributed by atoms with E-state index in [2.05, 4.69) is 14.3 Å². The predicted molar refractivity (Wildman–Crippen MR) is 40.2 cm³/mol. The molecule has 1 rings (SSSR count). The largest absolute Gasteiger partial charge is 0.543 e. The van der Waals surface area contributed by atoms with E-state index < -0.39 is 17.6 Å². The van der Waals surface area contributed by atoms with Crippen LogP contribution in [0.25, 0.3) is 0 Å². The minimum absolute atomic E-state index is 0.137. The number of hydrogen-bond acceptors (Lipinski definition) is 7. The lowest BCUT2D eigenvalue weighted by atomic mass is 10.4. The molecule has 0 unspecified atom stereocenters. The molecular formula is C6H5N2O4S-. The summed E-state index contributed by atoms with van der Waals surface area (Å²) in [6.45, 7) is 1.79. The van der Waals surface area contributed by atoms with Crippen molar-refractivity contribution in [3.05, 3.63) is 10.6 Å². The summed E-state index contributed by atoms with van der Waals surface area (Å²) in [4.78, 5) is 21.3. The van der Waals surface area contributed by atoms with E-state index in [0.29, 0.717) is 11.5 Å². The van der Waals surface area contributed by atoms with E-state index in [4.69, 9.17) is 0 Å². The highest BCUT2D eigenvalue weighted by Gasteiger charge is 2.17. The number of carboxylic acid groups (broad SMARTS) is 1. The van der Waals surface area contributed by atoms with Crippen LogP contribution < -0.4 is 5.11 Å². The summed E-state index contributed by atoms with van der Waals surface area (Å²) in [6, 6.07) is 0. The van der Waals surface area contributed by atoms with Gasteiger partial charge in [0.05, 0.1) is 12.6 Å². The second-order valence-electron chi connectivity index (χ2n) is 1.96. The van der Waals surface area contributed by atoms with Crippen LogP contribution in [0.5, 0.6) is 0 Å². The van der Waals surface area contributed by atoms with Gasteiger partial charge in [-0.05, 0) is 18.5 Å². The molecule has 0 fully saturated rings. The minimum Gasteiger partial charge on any atom is -0.543 e. The molecule has 0 bridgehead atoms. The molecule has 13 heavy (non-hydrogen) atoms. The summed E-state index contributed by atoms with van der Waals surface area (Å²) in [6.07, 6.45) is 0. The number of aromatic carboxylic acids is 1. The second-order valence-corrected chi connectivity index (χ2v) is 2.71. The third kappa shape index (κ3) is 2.00. The third-order valence-electron chi connectivity index (χ3n) is 1.14. The first kappa shape index (κ1) is 9.59. The van der Waals surface area contributed by atoms with E-state index in [1.165, 1.54) is 0 Å². The highest BCUT2D eigenvalue weighted by molar-refractivity contribution is 7.08. The zero-order chi connectivity index (χ0) is 9.84. The van der Waals surface area contributed by atoms with Crippen molar-refractivity contribution in [1.82, 2.24) is 9.59 Å². The molecule has 70 valence electrons. The first-order valence-corrected chi connectivity index (χ1v) is 4.15. The molecule has 0 N–H and O–H groups in total. The van der Waals surface area contributed by atoms with Gasteiger partial charge in [-0.25, -0.2) is 4.79 Å². The SMILES string of the molecule is CCOC(=O)c1snnc1C(=O)[O-]. The molecule has 0 saturated heterocycles. The predicted octanol–water partition coefficient (Wildman–Crippen LogP) is -0.922. The molecule has 1 heterocycles. The van der Waals surface area contributed by atoms with Crippen LogP contribution in [0.15, 0.2) is 0 Å². The topological polar surface area (TPSA) is 92.2 Å². The summed E-state index contributed by atoms with van der Waals surface area (Å²) >= 11 is 0.669. The first-order chi connectivity index (χ1) is 6.16. The molecule has 0 aliphatic rings. The van der Waals surface area contributed by atoms with Crippen molar-refractivity contribution in [2.24, 2.45) is 0 Å². The normalized spacial score (nSPS) is 9.62. The highest BCUT2D eigenvalue weighted by Crippen LogP contribution is 2.10. The average molecular weight is 201 g/mol. The van der Waals surface area contributed by atoms with E-state index in [1.54, 1.807) is 6.92 Å². The van der Waals surface area contributed by atoms with Crippen LogP contribution in [0.2, 0.25) is 0 Å². The summed E-state index contributed by atoms with van der Waals surface area (Å²) < 4.78 is 7.89. The quantitative estimate of drug-likeness (QED) is 0.587. The van der Waals surface area contributed by atoms with Gasteiger partial charge in [0.15, 0.2) is 4.88 Å². The number of ether oxygens (including phenoxy) is 1. The minimum atomic E-state index is -1.53. The van der Waals surface area contributed by atoms with Gasteiger partial charge in [-0.1, -0.05) is 4.49 Å². The van der Waals surface area contributed by atoms with Crippen LogP contribution in [0, 0.1) is 0 Å². The lowest BCUT2D eigenvalue weighted by molar-refractivity contribution is -0.255. The van der Waals surface area contributed by atoms with E-state index in [0.717, 1.165) is 0 Å². The summed E-state index contributed by atoms with van der Waals surface area (Å²) in [5, 5.41) is 13.6. The van der Waals surface area contributed by atoms with Crippen LogP contribution in [-0.2, 0) is 4.74 Å². The molecule has 6 nitrogen and oxygen atoms in total. The van der Waals surface area contributed by atoms with Crippen molar-refractivity contribution in [2.45, 2.75) is 6.92 Å². The number of carbonyl (C=O) groups excluding carboxylic acids is 2.